The van der Waals surface area contributed by atoms with Crippen molar-refractivity contribution in [2.24, 2.45) is 12.8 Å². The van der Waals surface area contributed by atoms with Crippen molar-refractivity contribution in [3.05, 3.63) is 66.2 Å². The average Bonchev–Trinajstić information content (AvgIpc) is 3.39. The molecule has 0 bridgehead atoms. The highest BCUT2D eigenvalue weighted by Gasteiger charge is 2.21. The van der Waals surface area contributed by atoms with Crippen molar-refractivity contribution in [2.75, 3.05) is 5.32 Å². The van der Waals surface area contributed by atoms with Crippen molar-refractivity contribution in [3.63, 3.8) is 0 Å². The number of nitrogens with zero attached hydrogens (tertiary/aromatic N) is 3. The van der Waals surface area contributed by atoms with Gasteiger partial charge < -0.3 is 20.6 Å². The molecule has 4 N–H and O–H groups in total. The van der Waals surface area contributed by atoms with Crippen molar-refractivity contribution in [1.29, 1.82) is 0 Å². The van der Waals surface area contributed by atoms with Crippen LogP contribution >= 0.6 is 12.4 Å². The van der Waals surface area contributed by atoms with Gasteiger partial charge in [0, 0.05) is 52.9 Å². The number of pyridine rings is 1. The molecule has 31 heavy (non-hydrogen) atoms. The lowest BCUT2D eigenvalue weighted by Crippen LogP contribution is -2.37. The number of hydrogen-bond acceptors (Lipinski definition) is 4. The van der Waals surface area contributed by atoms with Crippen molar-refractivity contribution >= 4 is 45.8 Å². The van der Waals surface area contributed by atoms with E-state index in [1.54, 1.807) is 12.5 Å². The van der Waals surface area contributed by atoms with Gasteiger partial charge in [0.15, 0.2) is 0 Å². The Labute approximate surface area is 185 Å². The first-order valence-corrected chi connectivity index (χ1v) is 9.84. The first kappa shape index (κ1) is 20.8. The van der Waals surface area contributed by atoms with E-state index < -0.39 is 6.04 Å². The molecule has 0 unspecified atom stereocenters. The van der Waals surface area contributed by atoms with Gasteiger partial charge >= 0.3 is 0 Å². The van der Waals surface area contributed by atoms with E-state index in [1.165, 1.54) is 0 Å². The van der Waals surface area contributed by atoms with Crippen molar-refractivity contribution in [2.45, 2.75) is 19.4 Å². The SMILES string of the molecule is Cc1c2c3ccccc3nc-2n(C)c2ccc(NC(=O)[C@@H](N)Cc3cnc[nH]3)cc12.Cl. The van der Waals surface area contributed by atoms with Crippen molar-refractivity contribution in [1.82, 2.24) is 19.5 Å². The molecule has 0 radical (unpaired) electrons. The summed E-state index contributed by atoms with van der Waals surface area (Å²) in [5, 5.41) is 5.16. The molecular formula is C23H23ClN6O. The number of aromatic amines is 1. The number of nitrogens with one attached hydrogen (secondary N) is 2. The number of fused-ring (bicyclic) bond motifs is 4. The van der Waals surface area contributed by atoms with E-state index in [-0.39, 0.29) is 18.3 Å². The second-order valence-corrected chi connectivity index (χ2v) is 7.62. The minimum absolute atomic E-state index is 0. The topological polar surface area (TPSA) is 102 Å². The second kappa shape index (κ2) is 8.02. The fourth-order valence-electron chi connectivity index (χ4n) is 4.10. The summed E-state index contributed by atoms with van der Waals surface area (Å²) in [6.45, 7) is 2.11. The largest absolute Gasteiger partial charge is 0.348 e. The van der Waals surface area contributed by atoms with Crippen LogP contribution in [0.25, 0.3) is 33.2 Å². The van der Waals surface area contributed by atoms with E-state index in [2.05, 4.69) is 32.8 Å². The van der Waals surface area contributed by atoms with Gasteiger partial charge in [-0.3, -0.25) is 4.79 Å². The van der Waals surface area contributed by atoms with Gasteiger partial charge in [0.05, 0.1) is 17.9 Å². The normalized spacial score (nSPS) is 12.2. The third-order valence-corrected chi connectivity index (χ3v) is 5.68. The Hall–Kier alpha value is -3.42. The Morgan fingerprint density at radius 3 is 2.81 bits per heavy atom. The Balaban J connectivity index is 0.00000231. The molecule has 2 aliphatic rings. The maximum absolute atomic E-state index is 12.6. The van der Waals surface area contributed by atoms with Gasteiger partial charge in [-0.25, -0.2) is 9.97 Å². The third kappa shape index (κ3) is 3.52. The highest BCUT2D eigenvalue weighted by molar-refractivity contribution is 6.05. The third-order valence-electron chi connectivity index (χ3n) is 5.68. The van der Waals surface area contributed by atoms with Gasteiger partial charge in [0.1, 0.15) is 5.82 Å². The van der Waals surface area contributed by atoms with E-state index in [4.69, 9.17) is 10.7 Å². The molecule has 0 saturated carbocycles. The van der Waals surface area contributed by atoms with Gasteiger partial charge in [-0.15, -0.1) is 12.4 Å². The number of carbonyl (C=O) groups is 1. The zero-order chi connectivity index (χ0) is 20.8. The predicted molar refractivity (Wildman–Crippen MR) is 126 cm³/mol. The van der Waals surface area contributed by atoms with Gasteiger partial charge in [-0.2, -0.15) is 0 Å². The summed E-state index contributed by atoms with van der Waals surface area (Å²) in [5.41, 5.74) is 12.0. The number of amides is 1. The molecule has 0 spiro atoms. The van der Waals surface area contributed by atoms with Crippen LogP contribution in [0.4, 0.5) is 5.69 Å². The molecule has 3 heterocycles. The lowest BCUT2D eigenvalue weighted by atomic mass is 9.99. The summed E-state index contributed by atoms with van der Waals surface area (Å²) in [6, 6.07) is 13.4. The number of rotatable bonds is 4. The van der Waals surface area contributed by atoms with Crippen LogP contribution < -0.4 is 11.1 Å². The van der Waals surface area contributed by atoms with E-state index in [1.807, 2.05) is 43.4 Å². The van der Waals surface area contributed by atoms with Crippen LogP contribution in [-0.4, -0.2) is 31.5 Å². The molecule has 0 fully saturated rings. The molecule has 3 aromatic rings. The minimum atomic E-state index is -0.663. The molecule has 8 heteroatoms. The predicted octanol–water partition coefficient (Wildman–Crippen LogP) is 3.79. The average molecular weight is 435 g/mol. The number of hydrogen-bond donors (Lipinski definition) is 3. The molecule has 158 valence electrons. The summed E-state index contributed by atoms with van der Waals surface area (Å²) in [4.78, 5) is 24.3. The molecule has 1 aromatic heterocycles. The number of aryl methyl sites for hydroxylation is 2. The van der Waals surface area contributed by atoms with Gasteiger partial charge in [0.2, 0.25) is 5.91 Å². The van der Waals surface area contributed by atoms with Gasteiger partial charge in [0.25, 0.3) is 0 Å². The summed E-state index contributed by atoms with van der Waals surface area (Å²) in [5.74, 6) is 0.729. The number of para-hydroxylation sites is 1. The molecule has 0 saturated heterocycles. The Kier molecular flexibility index (Phi) is 5.39. The van der Waals surface area contributed by atoms with Crippen LogP contribution in [-0.2, 0) is 18.3 Å². The fraction of sp³-hybridized carbons (Fsp3) is 0.174. The highest BCUT2D eigenvalue weighted by Crippen LogP contribution is 2.38. The zero-order valence-electron chi connectivity index (χ0n) is 17.2. The molecule has 0 aliphatic carbocycles. The van der Waals surface area contributed by atoms with Crippen LogP contribution in [0.15, 0.2) is 55.0 Å². The quantitative estimate of drug-likeness (QED) is 0.400. The number of halogens is 1. The standard InChI is InChI=1S/C23H22N6O.ClH/c1-13-17-9-14(27-23(30)18(24)10-15-11-25-12-26-15)7-8-20(17)29(2)22-21(13)16-5-3-4-6-19(16)28-22;/h3-9,11-12,18H,10,24H2,1-2H3,(H,25,26)(H,27,30);1H/t18-;/m0./s1. The summed E-state index contributed by atoms with van der Waals surface area (Å²) < 4.78 is 2.10. The number of aromatic nitrogens is 4. The number of anilines is 1. The van der Waals surface area contributed by atoms with Crippen LogP contribution in [0.1, 0.15) is 11.3 Å². The van der Waals surface area contributed by atoms with Crippen LogP contribution in [0, 0.1) is 6.92 Å². The van der Waals surface area contributed by atoms with Gasteiger partial charge in [-0.05, 0) is 36.8 Å². The molecular weight excluding hydrogens is 412 g/mol. The molecule has 5 rings (SSSR count). The maximum atomic E-state index is 12.6. The number of benzene rings is 2. The van der Waals surface area contributed by atoms with Crippen molar-refractivity contribution < 1.29 is 4.79 Å². The first-order valence-electron chi connectivity index (χ1n) is 9.84. The monoisotopic (exact) mass is 434 g/mol. The Morgan fingerprint density at radius 1 is 1.23 bits per heavy atom. The molecule has 1 atom stereocenters. The highest BCUT2D eigenvalue weighted by atomic mass is 35.5. The zero-order valence-corrected chi connectivity index (χ0v) is 18.0. The Bertz CT molecular complexity index is 1360. The molecule has 1 amide bonds. The van der Waals surface area contributed by atoms with E-state index in [0.29, 0.717) is 6.42 Å². The van der Waals surface area contributed by atoms with Crippen LogP contribution in [0.2, 0.25) is 0 Å². The van der Waals surface area contributed by atoms with E-state index in [9.17, 15) is 4.79 Å². The molecule has 7 nitrogen and oxygen atoms in total. The molecule has 2 aliphatic heterocycles. The van der Waals surface area contributed by atoms with Crippen LogP contribution in [0.3, 0.4) is 0 Å². The van der Waals surface area contributed by atoms with E-state index in [0.717, 1.165) is 50.1 Å². The van der Waals surface area contributed by atoms with Gasteiger partial charge in [-0.1, -0.05) is 18.2 Å². The molecule has 2 aromatic carbocycles. The van der Waals surface area contributed by atoms with E-state index >= 15 is 0 Å². The lowest BCUT2D eigenvalue weighted by molar-refractivity contribution is -0.117. The van der Waals surface area contributed by atoms with Crippen LogP contribution in [0.5, 0.6) is 0 Å². The lowest BCUT2D eigenvalue weighted by Gasteiger charge is -2.17. The number of carbonyl (C=O) groups excluding carboxylic acids is 1. The number of H-pyrrole nitrogens is 1. The summed E-state index contributed by atoms with van der Waals surface area (Å²) in [6.07, 6.45) is 3.66. The maximum Gasteiger partial charge on any atom is 0.241 e. The number of imidazole rings is 1. The summed E-state index contributed by atoms with van der Waals surface area (Å²) >= 11 is 0. The smallest absolute Gasteiger partial charge is 0.241 e. The number of nitrogens with two attached hydrogens (primary N) is 1. The summed E-state index contributed by atoms with van der Waals surface area (Å²) in [7, 11) is 2.02. The fourth-order valence-corrected chi connectivity index (χ4v) is 4.10. The first-order chi connectivity index (χ1) is 14.5. The Morgan fingerprint density at radius 2 is 2.03 bits per heavy atom. The second-order valence-electron chi connectivity index (χ2n) is 7.62. The van der Waals surface area contributed by atoms with Crippen molar-refractivity contribution in [3.8, 4) is 11.4 Å². The minimum Gasteiger partial charge on any atom is -0.348 e.